The third kappa shape index (κ3) is 6.77. The molecule has 10 heteroatoms. The summed E-state index contributed by atoms with van der Waals surface area (Å²) < 4.78 is 48.8. The average Bonchev–Trinajstić information content (AvgIpc) is 2.73. The van der Waals surface area contributed by atoms with Gasteiger partial charge in [0.15, 0.2) is 6.61 Å². The van der Waals surface area contributed by atoms with E-state index in [0.717, 1.165) is 54.1 Å². The highest BCUT2D eigenvalue weighted by molar-refractivity contribution is 6.55. The standard InChI is InChI=1S/C21H19Cl2F3N2O3/c22-19(23)9-10-29-18-6-2-3-15-16(18)4-1-5-17(15)28-31-12-11-30-20-8-7-14(13-27-20)21(24,25)26/h2-3,6-9,13H,1,4-5,10-12H2/b28-17+. The number of halogens is 5. The molecule has 0 amide bonds. The Balaban J connectivity index is 1.54. The second-order valence-electron chi connectivity index (χ2n) is 6.54. The van der Waals surface area contributed by atoms with Crippen molar-refractivity contribution in [3.05, 3.63) is 63.8 Å². The van der Waals surface area contributed by atoms with Crippen molar-refractivity contribution >= 4 is 28.9 Å². The number of hydrogen-bond acceptors (Lipinski definition) is 5. The lowest BCUT2D eigenvalue weighted by Gasteiger charge is -2.20. The summed E-state index contributed by atoms with van der Waals surface area (Å²) >= 11 is 11.2. The predicted molar refractivity (Wildman–Crippen MR) is 112 cm³/mol. The van der Waals surface area contributed by atoms with Gasteiger partial charge in [0.1, 0.15) is 23.5 Å². The number of nitrogens with zero attached hydrogens (tertiary/aromatic N) is 2. The molecule has 2 aromatic rings. The SMILES string of the molecule is FC(F)(F)c1ccc(OCCO/N=C2\CCCc3c(OCC=C(Cl)Cl)cccc32)nc1. The van der Waals surface area contributed by atoms with E-state index >= 15 is 0 Å². The van der Waals surface area contributed by atoms with Crippen molar-refractivity contribution in [2.75, 3.05) is 19.8 Å². The number of ether oxygens (including phenoxy) is 2. The van der Waals surface area contributed by atoms with E-state index in [1.54, 1.807) is 6.08 Å². The Kier molecular flexibility index (Phi) is 8.03. The molecule has 0 bridgehead atoms. The largest absolute Gasteiger partial charge is 0.489 e. The van der Waals surface area contributed by atoms with Crippen LogP contribution in [0.2, 0.25) is 0 Å². The van der Waals surface area contributed by atoms with Gasteiger partial charge in [0.2, 0.25) is 5.88 Å². The fraction of sp³-hybridized carbons (Fsp3) is 0.333. The number of benzene rings is 1. The minimum atomic E-state index is -4.43. The van der Waals surface area contributed by atoms with Gasteiger partial charge in [-0.2, -0.15) is 13.2 Å². The van der Waals surface area contributed by atoms with Gasteiger partial charge in [-0.25, -0.2) is 4.98 Å². The van der Waals surface area contributed by atoms with Gasteiger partial charge in [-0.1, -0.05) is 40.5 Å². The molecule has 0 unspecified atom stereocenters. The third-order valence-corrected chi connectivity index (χ3v) is 4.73. The molecule has 1 aliphatic carbocycles. The Hall–Kier alpha value is -2.45. The third-order valence-electron chi connectivity index (χ3n) is 4.42. The van der Waals surface area contributed by atoms with Gasteiger partial charge in [-0.15, -0.1) is 0 Å². The van der Waals surface area contributed by atoms with Crippen molar-refractivity contribution in [3.8, 4) is 11.6 Å². The number of alkyl halides is 3. The number of pyridine rings is 1. The summed E-state index contributed by atoms with van der Waals surface area (Å²) in [5.41, 5.74) is 1.96. The van der Waals surface area contributed by atoms with Gasteiger partial charge < -0.3 is 14.3 Å². The average molecular weight is 475 g/mol. The highest BCUT2D eigenvalue weighted by Gasteiger charge is 2.30. The van der Waals surface area contributed by atoms with Gasteiger partial charge in [-0.05, 0) is 37.5 Å². The van der Waals surface area contributed by atoms with Gasteiger partial charge in [0, 0.05) is 23.4 Å². The van der Waals surface area contributed by atoms with Crippen LogP contribution in [0.15, 0.2) is 52.3 Å². The maximum Gasteiger partial charge on any atom is 0.417 e. The van der Waals surface area contributed by atoms with Crippen LogP contribution in [-0.4, -0.2) is 30.5 Å². The summed E-state index contributed by atoms with van der Waals surface area (Å²) in [6.45, 7) is 0.477. The zero-order chi connectivity index (χ0) is 22.3. The van der Waals surface area contributed by atoms with E-state index in [-0.39, 0.29) is 30.2 Å². The number of rotatable bonds is 8. The first-order chi connectivity index (χ1) is 14.8. The second kappa shape index (κ2) is 10.7. The second-order valence-corrected chi connectivity index (χ2v) is 7.55. The van der Waals surface area contributed by atoms with E-state index < -0.39 is 11.7 Å². The van der Waals surface area contributed by atoms with E-state index in [1.165, 1.54) is 6.07 Å². The maximum absolute atomic E-state index is 12.5. The molecule has 0 radical (unpaired) electrons. The molecule has 0 fully saturated rings. The van der Waals surface area contributed by atoms with Gasteiger partial charge >= 0.3 is 6.18 Å². The lowest BCUT2D eigenvalue weighted by atomic mass is 9.89. The maximum atomic E-state index is 12.5. The first-order valence-electron chi connectivity index (χ1n) is 9.45. The molecule has 1 aromatic carbocycles. The Morgan fingerprint density at radius 3 is 2.65 bits per heavy atom. The van der Waals surface area contributed by atoms with E-state index in [9.17, 15) is 13.2 Å². The fourth-order valence-electron chi connectivity index (χ4n) is 3.03. The lowest BCUT2D eigenvalue weighted by Crippen LogP contribution is -2.15. The van der Waals surface area contributed by atoms with Gasteiger partial charge in [0.25, 0.3) is 0 Å². The van der Waals surface area contributed by atoms with E-state index in [4.69, 9.17) is 37.5 Å². The molecule has 0 N–H and O–H groups in total. The Labute approximate surface area is 187 Å². The molecule has 1 heterocycles. The van der Waals surface area contributed by atoms with E-state index in [2.05, 4.69) is 10.1 Å². The van der Waals surface area contributed by atoms with Crippen molar-refractivity contribution in [1.82, 2.24) is 4.98 Å². The molecule has 5 nitrogen and oxygen atoms in total. The van der Waals surface area contributed by atoms with Gasteiger partial charge in [-0.3, -0.25) is 0 Å². The molecule has 0 saturated heterocycles. The molecule has 0 atom stereocenters. The normalized spacial score (nSPS) is 14.7. The highest BCUT2D eigenvalue weighted by atomic mass is 35.5. The minimum absolute atomic E-state index is 0.0835. The topological polar surface area (TPSA) is 52.9 Å². The first kappa shape index (κ1) is 23.2. The number of aromatic nitrogens is 1. The zero-order valence-corrected chi connectivity index (χ0v) is 17.8. The summed E-state index contributed by atoms with van der Waals surface area (Å²) in [5, 5.41) is 4.21. The Morgan fingerprint density at radius 1 is 1.10 bits per heavy atom. The smallest absolute Gasteiger partial charge is 0.417 e. The van der Waals surface area contributed by atoms with Crippen LogP contribution in [0.4, 0.5) is 13.2 Å². The predicted octanol–water partition coefficient (Wildman–Crippen LogP) is 5.93. The van der Waals surface area contributed by atoms with Crippen LogP contribution in [0.1, 0.15) is 29.5 Å². The zero-order valence-electron chi connectivity index (χ0n) is 16.3. The van der Waals surface area contributed by atoms with Crippen molar-refractivity contribution in [3.63, 3.8) is 0 Å². The lowest BCUT2D eigenvalue weighted by molar-refractivity contribution is -0.137. The molecule has 1 aliphatic rings. The number of oxime groups is 1. The summed E-state index contributed by atoms with van der Waals surface area (Å²) in [6, 6.07) is 7.79. The molecule has 0 spiro atoms. The summed E-state index contributed by atoms with van der Waals surface area (Å²) in [5.74, 6) is 0.826. The molecule has 1 aromatic heterocycles. The van der Waals surface area contributed by atoms with Crippen LogP contribution in [0, 0.1) is 0 Å². The van der Waals surface area contributed by atoms with Crippen molar-refractivity contribution < 1.29 is 27.5 Å². The van der Waals surface area contributed by atoms with Crippen LogP contribution < -0.4 is 9.47 Å². The van der Waals surface area contributed by atoms with Crippen LogP contribution in [0.5, 0.6) is 11.6 Å². The molecule has 31 heavy (non-hydrogen) atoms. The number of hydrogen-bond donors (Lipinski definition) is 0. The molecular formula is C21H19Cl2F3N2O3. The first-order valence-corrected chi connectivity index (χ1v) is 10.2. The van der Waals surface area contributed by atoms with Crippen LogP contribution in [0.3, 0.4) is 0 Å². The Morgan fingerprint density at radius 2 is 1.94 bits per heavy atom. The summed E-state index contributed by atoms with van der Waals surface area (Å²) in [7, 11) is 0. The van der Waals surface area contributed by atoms with Crippen LogP contribution >= 0.6 is 23.2 Å². The fourth-order valence-corrected chi connectivity index (χ4v) is 3.15. The molecule has 3 rings (SSSR count). The quantitative estimate of drug-likeness (QED) is 0.351. The number of fused-ring (bicyclic) bond motifs is 1. The highest BCUT2D eigenvalue weighted by Crippen LogP contribution is 2.31. The monoisotopic (exact) mass is 474 g/mol. The summed E-state index contributed by atoms with van der Waals surface area (Å²) in [4.78, 5) is 8.99. The Bertz CT molecular complexity index is 944. The molecular weight excluding hydrogens is 456 g/mol. The molecule has 0 saturated carbocycles. The van der Waals surface area contributed by atoms with Crippen molar-refractivity contribution in [1.29, 1.82) is 0 Å². The molecule has 0 aliphatic heterocycles. The van der Waals surface area contributed by atoms with Crippen LogP contribution in [-0.2, 0) is 17.4 Å². The minimum Gasteiger partial charge on any atom is -0.489 e. The van der Waals surface area contributed by atoms with E-state index in [1.807, 2.05) is 18.2 Å². The van der Waals surface area contributed by atoms with Crippen molar-refractivity contribution in [2.24, 2.45) is 5.16 Å². The van der Waals surface area contributed by atoms with E-state index in [0.29, 0.717) is 0 Å². The molecule has 166 valence electrons. The summed E-state index contributed by atoms with van der Waals surface area (Å²) in [6.07, 6.45) is 0.366. The van der Waals surface area contributed by atoms with Crippen molar-refractivity contribution in [2.45, 2.75) is 25.4 Å². The van der Waals surface area contributed by atoms with Gasteiger partial charge in [0.05, 0.1) is 11.3 Å². The van der Waals surface area contributed by atoms with Crippen LogP contribution in [0.25, 0.3) is 0 Å².